The summed E-state index contributed by atoms with van der Waals surface area (Å²) in [6, 6.07) is 9.53. The number of nitrogens with zero attached hydrogens (tertiary/aromatic N) is 1. The largest absolute Gasteiger partial charge is 0.465 e. The van der Waals surface area contributed by atoms with E-state index in [1.807, 2.05) is 0 Å². The van der Waals surface area contributed by atoms with Crippen LogP contribution in [0.15, 0.2) is 36.4 Å². The van der Waals surface area contributed by atoms with Crippen molar-refractivity contribution in [1.82, 2.24) is 9.97 Å². The second-order valence-corrected chi connectivity index (χ2v) is 4.81. The fraction of sp³-hybridized carbons (Fsp3) is 0.0667. The summed E-state index contributed by atoms with van der Waals surface area (Å²) >= 11 is 5.67. The first kappa shape index (κ1) is 13.6. The highest BCUT2D eigenvalue weighted by Crippen LogP contribution is 2.26. The van der Waals surface area contributed by atoms with Crippen LogP contribution in [0.2, 0.25) is 5.02 Å². The molecule has 0 aliphatic heterocycles. The van der Waals surface area contributed by atoms with E-state index in [1.165, 1.54) is 19.2 Å². The van der Waals surface area contributed by atoms with E-state index in [2.05, 4.69) is 9.97 Å². The summed E-state index contributed by atoms with van der Waals surface area (Å²) in [5.74, 6) is -0.541. The molecule has 0 saturated heterocycles. The molecule has 1 aromatic heterocycles. The Bertz CT molecular complexity index is 845. The molecule has 0 saturated carbocycles. The highest BCUT2D eigenvalue weighted by atomic mass is 35.5. The summed E-state index contributed by atoms with van der Waals surface area (Å²) in [7, 11) is 1.31. The van der Waals surface area contributed by atoms with E-state index in [-0.39, 0.29) is 5.02 Å². The van der Waals surface area contributed by atoms with Crippen molar-refractivity contribution in [1.29, 1.82) is 0 Å². The molecule has 0 aliphatic rings. The van der Waals surface area contributed by atoms with Crippen molar-refractivity contribution < 1.29 is 13.9 Å². The molecule has 0 aliphatic carbocycles. The molecule has 106 valence electrons. The molecule has 1 heterocycles. The predicted molar refractivity (Wildman–Crippen MR) is 77.8 cm³/mol. The van der Waals surface area contributed by atoms with Crippen LogP contribution in [0, 0.1) is 5.82 Å². The number of carbonyl (C=O) groups is 1. The third-order valence-electron chi connectivity index (χ3n) is 3.11. The van der Waals surface area contributed by atoms with E-state index >= 15 is 0 Å². The van der Waals surface area contributed by atoms with Crippen molar-refractivity contribution in [2.45, 2.75) is 0 Å². The topological polar surface area (TPSA) is 55.0 Å². The lowest BCUT2D eigenvalue weighted by atomic mass is 10.2. The highest BCUT2D eigenvalue weighted by Gasteiger charge is 2.15. The number of carbonyl (C=O) groups excluding carboxylic acids is 1. The van der Waals surface area contributed by atoms with Crippen LogP contribution in [0.25, 0.3) is 22.4 Å². The Labute approximate surface area is 124 Å². The average molecular weight is 305 g/mol. The zero-order valence-electron chi connectivity index (χ0n) is 11.0. The number of imidazole rings is 1. The predicted octanol–water partition coefficient (Wildman–Crippen LogP) is 3.81. The van der Waals surface area contributed by atoms with Crippen molar-refractivity contribution in [3.63, 3.8) is 0 Å². The van der Waals surface area contributed by atoms with Crippen LogP contribution in [0.4, 0.5) is 4.39 Å². The van der Waals surface area contributed by atoms with Crippen molar-refractivity contribution in [2.75, 3.05) is 7.11 Å². The van der Waals surface area contributed by atoms with Gasteiger partial charge in [-0.3, -0.25) is 0 Å². The summed E-state index contributed by atoms with van der Waals surface area (Å²) in [6.07, 6.45) is 0. The number of halogens is 2. The van der Waals surface area contributed by atoms with Crippen LogP contribution in [0.1, 0.15) is 10.4 Å². The molecule has 1 N–H and O–H groups in total. The quantitative estimate of drug-likeness (QED) is 0.732. The SMILES string of the molecule is COC(=O)c1cccc2[nH]c(-c3ccc(Cl)c(F)c3)nc12. The van der Waals surface area contributed by atoms with Gasteiger partial charge in [0.25, 0.3) is 0 Å². The molecule has 4 nitrogen and oxygen atoms in total. The van der Waals surface area contributed by atoms with Gasteiger partial charge in [0, 0.05) is 5.56 Å². The minimum atomic E-state index is -0.525. The van der Waals surface area contributed by atoms with Gasteiger partial charge in [-0.25, -0.2) is 14.2 Å². The summed E-state index contributed by atoms with van der Waals surface area (Å²) in [4.78, 5) is 19.1. The van der Waals surface area contributed by atoms with Crippen LogP contribution in [-0.4, -0.2) is 23.0 Å². The summed E-state index contributed by atoms with van der Waals surface area (Å²) in [5, 5.41) is 0.0464. The van der Waals surface area contributed by atoms with Crippen molar-refractivity contribution in [3.05, 3.63) is 52.8 Å². The number of benzene rings is 2. The van der Waals surface area contributed by atoms with Gasteiger partial charge in [-0.1, -0.05) is 17.7 Å². The standard InChI is InChI=1S/C15H10ClFN2O2/c1-21-15(20)9-3-2-4-12-13(9)19-14(18-12)8-5-6-10(16)11(17)7-8/h2-7H,1H3,(H,18,19). The van der Waals surface area contributed by atoms with Crippen LogP contribution in [0.3, 0.4) is 0 Å². The maximum Gasteiger partial charge on any atom is 0.340 e. The molecule has 0 fully saturated rings. The minimum Gasteiger partial charge on any atom is -0.465 e. The fourth-order valence-corrected chi connectivity index (χ4v) is 2.20. The zero-order valence-corrected chi connectivity index (χ0v) is 11.7. The number of para-hydroxylation sites is 1. The molecular formula is C15H10ClFN2O2. The van der Waals surface area contributed by atoms with Gasteiger partial charge in [0.15, 0.2) is 0 Å². The number of H-pyrrole nitrogens is 1. The summed E-state index contributed by atoms with van der Waals surface area (Å²) < 4.78 is 18.3. The first-order chi connectivity index (χ1) is 10.1. The molecule has 0 amide bonds. The van der Waals surface area contributed by atoms with E-state index in [0.29, 0.717) is 28.0 Å². The average Bonchev–Trinajstić information content (AvgIpc) is 2.93. The monoisotopic (exact) mass is 304 g/mol. The van der Waals surface area contributed by atoms with Gasteiger partial charge in [0.2, 0.25) is 0 Å². The van der Waals surface area contributed by atoms with Crippen molar-refractivity contribution >= 4 is 28.6 Å². The Morgan fingerprint density at radius 2 is 2.14 bits per heavy atom. The molecular weight excluding hydrogens is 295 g/mol. The number of esters is 1. The summed E-state index contributed by atoms with van der Waals surface area (Å²) in [6.45, 7) is 0. The zero-order chi connectivity index (χ0) is 15.0. The molecule has 3 rings (SSSR count). The molecule has 3 aromatic rings. The number of hydrogen-bond acceptors (Lipinski definition) is 3. The molecule has 21 heavy (non-hydrogen) atoms. The van der Waals surface area contributed by atoms with Crippen molar-refractivity contribution in [3.8, 4) is 11.4 Å². The van der Waals surface area contributed by atoms with Crippen molar-refractivity contribution in [2.24, 2.45) is 0 Å². The third kappa shape index (κ3) is 2.36. The smallest absolute Gasteiger partial charge is 0.340 e. The Balaban J connectivity index is 2.17. The Kier molecular flexibility index (Phi) is 3.35. The maximum atomic E-state index is 13.5. The van der Waals surface area contributed by atoms with Gasteiger partial charge >= 0.3 is 5.97 Å². The van der Waals surface area contributed by atoms with E-state index in [0.717, 1.165) is 0 Å². The van der Waals surface area contributed by atoms with E-state index < -0.39 is 11.8 Å². The molecule has 2 aromatic carbocycles. The molecule has 0 spiro atoms. The molecule has 6 heteroatoms. The van der Waals surface area contributed by atoms with Gasteiger partial charge in [-0.2, -0.15) is 0 Å². The Morgan fingerprint density at radius 1 is 1.33 bits per heavy atom. The first-order valence-corrected chi connectivity index (χ1v) is 6.50. The molecule has 0 unspecified atom stereocenters. The number of rotatable bonds is 2. The number of ether oxygens (including phenoxy) is 1. The van der Waals surface area contributed by atoms with Gasteiger partial charge in [-0.05, 0) is 30.3 Å². The normalized spacial score (nSPS) is 10.8. The lowest BCUT2D eigenvalue weighted by Gasteiger charge is -1.99. The fourth-order valence-electron chi connectivity index (χ4n) is 2.09. The molecule has 0 atom stereocenters. The summed E-state index contributed by atoms with van der Waals surface area (Å²) in [5.41, 5.74) is 2.05. The van der Waals surface area contributed by atoms with E-state index in [4.69, 9.17) is 16.3 Å². The van der Waals surface area contributed by atoms with Gasteiger partial charge in [0.05, 0.1) is 23.2 Å². The van der Waals surface area contributed by atoms with E-state index in [1.54, 1.807) is 24.3 Å². The van der Waals surface area contributed by atoms with Crippen LogP contribution >= 0.6 is 11.6 Å². The van der Waals surface area contributed by atoms with Gasteiger partial charge in [-0.15, -0.1) is 0 Å². The maximum absolute atomic E-state index is 13.5. The van der Waals surface area contributed by atoms with Crippen LogP contribution in [0.5, 0.6) is 0 Å². The third-order valence-corrected chi connectivity index (χ3v) is 3.42. The minimum absolute atomic E-state index is 0.0464. The second-order valence-electron chi connectivity index (χ2n) is 4.41. The Morgan fingerprint density at radius 3 is 2.86 bits per heavy atom. The van der Waals surface area contributed by atoms with Gasteiger partial charge < -0.3 is 9.72 Å². The Hall–Kier alpha value is -2.40. The lowest BCUT2D eigenvalue weighted by Crippen LogP contribution is -2.01. The van der Waals surface area contributed by atoms with E-state index in [9.17, 15) is 9.18 Å². The lowest BCUT2D eigenvalue weighted by molar-refractivity contribution is 0.0603. The first-order valence-electron chi connectivity index (χ1n) is 6.12. The number of aromatic amines is 1. The number of aromatic nitrogens is 2. The number of methoxy groups -OCH3 is 1. The molecule has 0 bridgehead atoms. The van der Waals surface area contributed by atoms with Gasteiger partial charge in [0.1, 0.15) is 17.2 Å². The second kappa shape index (κ2) is 5.18. The number of hydrogen-bond donors (Lipinski definition) is 1. The molecule has 0 radical (unpaired) electrons. The van der Waals surface area contributed by atoms with Crippen LogP contribution < -0.4 is 0 Å². The number of fused-ring (bicyclic) bond motifs is 1. The number of nitrogens with one attached hydrogen (secondary N) is 1. The van der Waals surface area contributed by atoms with Crippen LogP contribution in [-0.2, 0) is 4.74 Å². The highest BCUT2D eigenvalue weighted by molar-refractivity contribution is 6.30.